The molecular formula is C5H7F2N3O. The van der Waals surface area contributed by atoms with Crippen LogP contribution in [0.2, 0.25) is 0 Å². The average molecular weight is 163 g/mol. The molecule has 0 amide bonds. The molecule has 0 aliphatic heterocycles. The van der Waals surface area contributed by atoms with E-state index < -0.39 is 12.2 Å². The van der Waals surface area contributed by atoms with Gasteiger partial charge in [-0.1, -0.05) is 0 Å². The summed E-state index contributed by atoms with van der Waals surface area (Å²) in [6, 6.07) is 0. The second-order valence-corrected chi connectivity index (χ2v) is 1.89. The Kier molecular flexibility index (Phi) is 2.48. The molecule has 62 valence electrons. The Balaban J connectivity index is 2.66. The summed E-state index contributed by atoms with van der Waals surface area (Å²) in [7, 11) is 0. The molecule has 1 aromatic heterocycles. The minimum atomic E-state index is -2.64. The molecular weight excluding hydrogens is 156 g/mol. The van der Waals surface area contributed by atoms with Gasteiger partial charge in [-0.2, -0.15) is 0 Å². The normalized spacial score (nSPS) is 10.9. The third kappa shape index (κ3) is 1.94. The van der Waals surface area contributed by atoms with Crippen LogP contribution in [-0.2, 0) is 6.54 Å². The zero-order valence-electron chi connectivity index (χ0n) is 5.61. The monoisotopic (exact) mass is 163 g/mol. The molecule has 6 heteroatoms. The van der Waals surface area contributed by atoms with Crippen molar-refractivity contribution in [2.45, 2.75) is 13.0 Å². The molecule has 0 radical (unpaired) electrons. The Morgan fingerprint density at radius 3 is 2.82 bits per heavy atom. The molecule has 0 bridgehead atoms. The van der Waals surface area contributed by atoms with E-state index in [0.717, 1.165) is 6.33 Å². The van der Waals surface area contributed by atoms with E-state index in [1.807, 2.05) is 0 Å². The van der Waals surface area contributed by atoms with Gasteiger partial charge in [-0.05, 0) is 0 Å². The van der Waals surface area contributed by atoms with Gasteiger partial charge in [-0.25, -0.2) is 13.8 Å². The van der Waals surface area contributed by atoms with Gasteiger partial charge in [0.25, 0.3) is 6.43 Å². The van der Waals surface area contributed by atoms with E-state index in [-0.39, 0.29) is 13.2 Å². The highest BCUT2D eigenvalue weighted by Crippen LogP contribution is 2.11. The van der Waals surface area contributed by atoms with Crippen LogP contribution in [0.5, 0.6) is 0 Å². The topological polar surface area (TPSA) is 50.9 Å². The van der Waals surface area contributed by atoms with E-state index in [2.05, 4.69) is 10.1 Å². The van der Waals surface area contributed by atoms with E-state index >= 15 is 0 Å². The molecule has 0 saturated carbocycles. The Morgan fingerprint density at radius 1 is 1.64 bits per heavy atom. The van der Waals surface area contributed by atoms with Crippen molar-refractivity contribution in [3.8, 4) is 0 Å². The molecule has 1 heterocycles. The fourth-order valence-corrected chi connectivity index (χ4v) is 0.619. The molecule has 0 atom stereocenters. The minimum Gasteiger partial charge on any atom is -0.394 e. The summed E-state index contributed by atoms with van der Waals surface area (Å²) in [6.07, 6.45) is -1.48. The van der Waals surface area contributed by atoms with Gasteiger partial charge >= 0.3 is 0 Å². The molecule has 1 aromatic rings. The SMILES string of the molecule is OCCn1cnc(C(F)F)n1. The van der Waals surface area contributed by atoms with Gasteiger partial charge in [-0.3, -0.25) is 4.68 Å². The van der Waals surface area contributed by atoms with Crippen molar-refractivity contribution < 1.29 is 13.9 Å². The van der Waals surface area contributed by atoms with E-state index in [1.165, 1.54) is 4.68 Å². The van der Waals surface area contributed by atoms with Crippen LogP contribution in [0, 0.1) is 0 Å². The van der Waals surface area contributed by atoms with Gasteiger partial charge in [0.05, 0.1) is 13.2 Å². The number of rotatable bonds is 3. The summed E-state index contributed by atoms with van der Waals surface area (Å²) in [6.45, 7) is 0.0613. The van der Waals surface area contributed by atoms with Crippen LogP contribution in [0.15, 0.2) is 6.33 Å². The summed E-state index contributed by atoms with van der Waals surface area (Å²) in [4.78, 5) is 3.33. The van der Waals surface area contributed by atoms with Gasteiger partial charge in [0, 0.05) is 0 Å². The number of hydrogen-bond donors (Lipinski definition) is 1. The van der Waals surface area contributed by atoms with Gasteiger partial charge in [-0.15, -0.1) is 5.10 Å². The Morgan fingerprint density at radius 2 is 2.36 bits per heavy atom. The molecule has 0 fully saturated rings. The highest BCUT2D eigenvalue weighted by atomic mass is 19.3. The maximum absolute atomic E-state index is 11.8. The van der Waals surface area contributed by atoms with Gasteiger partial charge in [0.2, 0.25) is 5.82 Å². The Labute approximate surface area is 61.5 Å². The standard InChI is InChI=1S/C5H7F2N3O/c6-4(7)5-8-3-10(9-5)1-2-11/h3-4,11H,1-2H2. The van der Waals surface area contributed by atoms with Crippen molar-refractivity contribution >= 4 is 0 Å². The number of aliphatic hydroxyl groups is 1. The van der Waals surface area contributed by atoms with E-state index in [9.17, 15) is 8.78 Å². The fraction of sp³-hybridized carbons (Fsp3) is 0.600. The average Bonchev–Trinajstić information content (AvgIpc) is 2.37. The Hall–Kier alpha value is -1.04. The number of hydrogen-bond acceptors (Lipinski definition) is 3. The van der Waals surface area contributed by atoms with Crippen molar-refractivity contribution in [2.75, 3.05) is 6.61 Å². The molecule has 0 aliphatic rings. The summed E-state index contributed by atoms with van der Waals surface area (Å²) < 4.78 is 24.8. The van der Waals surface area contributed by atoms with Crippen LogP contribution in [0.4, 0.5) is 8.78 Å². The lowest BCUT2D eigenvalue weighted by Crippen LogP contribution is -2.02. The van der Waals surface area contributed by atoms with Crippen LogP contribution in [0.1, 0.15) is 12.2 Å². The zero-order chi connectivity index (χ0) is 8.27. The number of aliphatic hydroxyl groups excluding tert-OH is 1. The third-order valence-electron chi connectivity index (χ3n) is 1.08. The number of aromatic nitrogens is 3. The number of nitrogens with zero attached hydrogens (tertiary/aromatic N) is 3. The summed E-state index contributed by atoms with van der Waals surface area (Å²) in [5, 5.41) is 11.8. The first kappa shape index (κ1) is 8.06. The van der Waals surface area contributed by atoms with Crippen LogP contribution in [-0.4, -0.2) is 26.5 Å². The summed E-state index contributed by atoms with van der Waals surface area (Å²) in [5.41, 5.74) is 0. The molecule has 0 unspecified atom stereocenters. The first-order valence-corrected chi connectivity index (χ1v) is 3.02. The molecule has 4 nitrogen and oxygen atoms in total. The minimum absolute atomic E-state index is 0.133. The van der Waals surface area contributed by atoms with Crippen molar-refractivity contribution in [1.82, 2.24) is 14.8 Å². The quantitative estimate of drug-likeness (QED) is 0.692. The maximum atomic E-state index is 11.8. The van der Waals surface area contributed by atoms with Crippen molar-refractivity contribution in [2.24, 2.45) is 0 Å². The Bertz CT molecular complexity index is 225. The molecule has 0 aliphatic carbocycles. The maximum Gasteiger partial charge on any atom is 0.299 e. The first-order chi connectivity index (χ1) is 5.24. The van der Waals surface area contributed by atoms with Crippen LogP contribution < -0.4 is 0 Å². The number of halogens is 2. The van der Waals surface area contributed by atoms with E-state index in [0.29, 0.717) is 0 Å². The highest BCUT2D eigenvalue weighted by Gasteiger charge is 2.11. The lowest BCUT2D eigenvalue weighted by atomic mass is 10.7. The predicted molar refractivity (Wildman–Crippen MR) is 32.1 cm³/mol. The molecule has 1 rings (SSSR count). The second-order valence-electron chi connectivity index (χ2n) is 1.89. The van der Waals surface area contributed by atoms with E-state index in [4.69, 9.17) is 5.11 Å². The van der Waals surface area contributed by atoms with Gasteiger partial charge in [0.15, 0.2) is 0 Å². The van der Waals surface area contributed by atoms with Crippen LogP contribution in [0.25, 0.3) is 0 Å². The number of alkyl halides is 2. The molecule has 0 saturated heterocycles. The van der Waals surface area contributed by atoms with Crippen LogP contribution in [0.3, 0.4) is 0 Å². The van der Waals surface area contributed by atoms with Gasteiger partial charge in [0.1, 0.15) is 6.33 Å². The summed E-state index contributed by atoms with van der Waals surface area (Å²) in [5.74, 6) is -0.501. The van der Waals surface area contributed by atoms with Gasteiger partial charge < -0.3 is 5.11 Å². The van der Waals surface area contributed by atoms with Crippen molar-refractivity contribution in [3.63, 3.8) is 0 Å². The molecule has 1 N–H and O–H groups in total. The second kappa shape index (κ2) is 3.38. The third-order valence-corrected chi connectivity index (χ3v) is 1.08. The fourth-order valence-electron chi connectivity index (χ4n) is 0.619. The molecule has 11 heavy (non-hydrogen) atoms. The van der Waals surface area contributed by atoms with Crippen molar-refractivity contribution in [3.05, 3.63) is 12.2 Å². The zero-order valence-corrected chi connectivity index (χ0v) is 5.61. The van der Waals surface area contributed by atoms with E-state index in [1.54, 1.807) is 0 Å². The molecule has 0 aromatic carbocycles. The largest absolute Gasteiger partial charge is 0.394 e. The van der Waals surface area contributed by atoms with Crippen molar-refractivity contribution in [1.29, 1.82) is 0 Å². The van der Waals surface area contributed by atoms with Crippen LogP contribution >= 0.6 is 0 Å². The predicted octanol–water partition coefficient (Wildman–Crippen LogP) is 0.208. The summed E-state index contributed by atoms with van der Waals surface area (Å²) >= 11 is 0. The smallest absolute Gasteiger partial charge is 0.299 e. The molecule has 0 spiro atoms. The first-order valence-electron chi connectivity index (χ1n) is 3.02. The highest BCUT2D eigenvalue weighted by molar-refractivity contribution is 4.82. The lowest BCUT2D eigenvalue weighted by Gasteiger charge is -1.93. The lowest BCUT2D eigenvalue weighted by molar-refractivity contribution is 0.139.